The molecule has 1 aromatic rings. The van der Waals surface area contributed by atoms with Gasteiger partial charge in [-0.3, -0.25) is 9.63 Å². The number of nitrogens with zero attached hydrogens (tertiary/aromatic N) is 1. The zero-order chi connectivity index (χ0) is 11.5. The third-order valence-corrected chi connectivity index (χ3v) is 3.37. The highest BCUT2D eigenvalue weighted by atomic mass is 79.9. The van der Waals surface area contributed by atoms with E-state index in [2.05, 4.69) is 15.9 Å². The van der Waals surface area contributed by atoms with Gasteiger partial charge in [0.15, 0.2) is 0 Å². The van der Waals surface area contributed by atoms with Crippen molar-refractivity contribution in [3.63, 3.8) is 0 Å². The molecule has 86 valence electrons. The lowest BCUT2D eigenvalue weighted by molar-refractivity contribution is -0.144. The van der Waals surface area contributed by atoms with Crippen LogP contribution >= 0.6 is 15.9 Å². The summed E-state index contributed by atoms with van der Waals surface area (Å²) in [6, 6.07) is 5.25. The highest BCUT2D eigenvalue weighted by molar-refractivity contribution is 9.10. The number of nitrogens with two attached hydrogens (primary N) is 1. The molecule has 0 unspecified atom stereocenters. The molecule has 1 heterocycles. The van der Waals surface area contributed by atoms with Crippen LogP contribution in [-0.2, 0) is 4.84 Å². The van der Waals surface area contributed by atoms with E-state index in [1.165, 1.54) is 5.06 Å². The first-order valence-electron chi connectivity index (χ1n) is 5.19. The van der Waals surface area contributed by atoms with Gasteiger partial charge in [-0.05, 0) is 40.9 Å². The van der Waals surface area contributed by atoms with E-state index in [0.717, 1.165) is 12.8 Å². The van der Waals surface area contributed by atoms with Crippen LogP contribution in [-0.4, -0.2) is 24.1 Å². The molecule has 0 aliphatic carbocycles. The molecule has 0 saturated carbocycles. The van der Waals surface area contributed by atoms with Gasteiger partial charge in [0.1, 0.15) is 0 Å². The van der Waals surface area contributed by atoms with E-state index >= 15 is 0 Å². The van der Waals surface area contributed by atoms with E-state index in [1.54, 1.807) is 18.2 Å². The number of hydrogen-bond acceptors (Lipinski definition) is 3. The Balaban J connectivity index is 2.22. The molecule has 2 N–H and O–H groups in total. The molecule has 1 saturated heterocycles. The SMILES string of the molecule is Nc1cccc(C(=O)N2CCCCO2)c1Br. The number of nitrogen functional groups attached to an aromatic ring is 1. The molecule has 5 heteroatoms. The van der Waals surface area contributed by atoms with Gasteiger partial charge in [-0.2, -0.15) is 0 Å². The van der Waals surface area contributed by atoms with E-state index in [1.807, 2.05) is 0 Å². The van der Waals surface area contributed by atoms with Gasteiger partial charge >= 0.3 is 0 Å². The lowest BCUT2D eigenvalue weighted by Crippen LogP contribution is -2.35. The van der Waals surface area contributed by atoms with E-state index in [-0.39, 0.29) is 5.91 Å². The van der Waals surface area contributed by atoms with Gasteiger partial charge in [-0.15, -0.1) is 0 Å². The van der Waals surface area contributed by atoms with Crippen molar-refractivity contribution >= 4 is 27.5 Å². The fraction of sp³-hybridized carbons (Fsp3) is 0.364. The zero-order valence-electron chi connectivity index (χ0n) is 8.78. The monoisotopic (exact) mass is 284 g/mol. The minimum Gasteiger partial charge on any atom is -0.398 e. The molecule has 0 radical (unpaired) electrons. The third-order valence-electron chi connectivity index (χ3n) is 2.49. The van der Waals surface area contributed by atoms with Gasteiger partial charge in [0.05, 0.1) is 16.6 Å². The summed E-state index contributed by atoms with van der Waals surface area (Å²) in [7, 11) is 0. The number of amides is 1. The van der Waals surface area contributed by atoms with Gasteiger partial charge in [-0.1, -0.05) is 6.07 Å². The molecule has 0 atom stereocenters. The van der Waals surface area contributed by atoms with Gasteiger partial charge in [0.2, 0.25) is 0 Å². The average Bonchev–Trinajstić information content (AvgIpc) is 2.33. The summed E-state index contributed by atoms with van der Waals surface area (Å²) in [5.74, 6) is -0.140. The van der Waals surface area contributed by atoms with E-state index in [9.17, 15) is 4.79 Å². The summed E-state index contributed by atoms with van der Waals surface area (Å²) < 4.78 is 0.633. The molecule has 0 aromatic heterocycles. The van der Waals surface area contributed by atoms with Crippen molar-refractivity contribution in [3.05, 3.63) is 28.2 Å². The molecule has 0 spiro atoms. The molecule has 4 nitrogen and oxygen atoms in total. The maximum atomic E-state index is 12.1. The fourth-order valence-corrected chi connectivity index (χ4v) is 2.04. The third kappa shape index (κ3) is 2.20. The maximum absolute atomic E-state index is 12.1. The van der Waals surface area contributed by atoms with Gasteiger partial charge in [0, 0.05) is 12.2 Å². The van der Waals surface area contributed by atoms with Crippen molar-refractivity contribution in [1.82, 2.24) is 5.06 Å². The van der Waals surface area contributed by atoms with Crippen LogP contribution in [0.25, 0.3) is 0 Å². The molecule has 2 rings (SSSR count). The van der Waals surface area contributed by atoms with Gasteiger partial charge in [-0.25, -0.2) is 5.06 Å². The number of hydrogen-bond donors (Lipinski definition) is 1. The quantitative estimate of drug-likeness (QED) is 0.805. The summed E-state index contributed by atoms with van der Waals surface area (Å²) in [6.45, 7) is 1.24. The Kier molecular flexibility index (Phi) is 3.46. The summed E-state index contributed by atoms with van der Waals surface area (Å²) in [4.78, 5) is 17.4. The molecule has 1 aliphatic heterocycles. The first kappa shape index (κ1) is 11.4. The number of rotatable bonds is 1. The molecule has 1 aromatic carbocycles. The molecular formula is C11H13BrN2O2. The first-order valence-corrected chi connectivity index (χ1v) is 5.98. The Labute approximate surface area is 102 Å². The molecular weight excluding hydrogens is 272 g/mol. The average molecular weight is 285 g/mol. The second-order valence-electron chi connectivity index (χ2n) is 3.66. The standard InChI is InChI=1S/C11H13BrN2O2/c12-10-8(4-3-5-9(10)13)11(15)14-6-1-2-7-16-14/h3-5H,1-2,6-7,13H2. The number of benzene rings is 1. The Bertz CT molecular complexity index is 403. The lowest BCUT2D eigenvalue weighted by Gasteiger charge is -2.26. The van der Waals surface area contributed by atoms with E-state index in [4.69, 9.17) is 10.6 Å². The zero-order valence-corrected chi connectivity index (χ0v) is 10.4. The van der Waals surface area contributed by atoms with Crippen LogP contribution in [0.2, 0.25) is 0 Å². The summed E-state index contributed by atoms with van der Waals surface area (Å²) in [5, 5.41) is 1.41. The number of halogens is 1. The smallest absolute Gasteiger partial charge is 0.278 e. The van der Waals surface area contributed by atoms with Crippen molar-refractivity contribution < 1.29 is 9.63 Å². The number of carbonyl (C=O) groups excluding carboxylic acids is 1. The molecule has 16 heavy (non-hydrogen) atoms. The van der Waals surface area contributed by atoms with Gasteiger partial charge < -0.3 is 5.73 Å². The first-order chi connectivity index (χ1) is 7.70. The number of anilines is 1. The van der Waals surface area contributed by atoms with Crippen molar-refractivity contribution in [1.29, 1.82) is 0 Å². The predicted octanol–water partition coefficient (Wildman–Crippen LogP) is 2.20. The summed E-state index contributed by atoms with van der Waals surface area (Å²) in [5.41, 5.74) is 6.83. The van der Waals surface area contributed by atoms with Gasteiger partial charge in [0.25, 0.3) is 5.91 Å². The molecule has 1 fully saturated rings. The predicted molar refractivity (Wildman–Crippen MR) is 64.8 cm³/mol. The largest absolute Gasteiger partial charge is 0.398 e. The van der Waals surface area contributed by atoms with Crippen LogP contribution in [0.5, 0.6) is 0 Å². The second kappa shape index (κ2) is 4.84. The van der Waals surface area contributed by atoms with Crippen LogP contribution in [0.3, 0.4) is 0 Å². The summed E-state index contributed by atoms with van der Waals surface area (Å²) in [6.07, 6.45) is 1.98. The van der Waals surface area contributed by atoms with Crippen LogP contribution in [0.4, 0.5) is 5.69 Å². The fourth-order valence-electron chi connectivity index (χ4n) is 1.61. The lowest BCUT2D eigenvalue weighted by atomic mass is 10.2. The van der Waals surface area contributed by atoms with Crippen LogP contribution in [0.15, 0.2) is 22.7 Å². The van der Waals surface area contributed by atoms with Crippen LogP contribution in [0.1, 0.15) is 23.2 Å². The highest BCUT2D eigenvalue weighted by Gasteiger charge is 2.21. The van der Waals surface area contributed by atoms with Crippen molar-refractivity contribution in [2.45, 2.75) is 12.8 Å². The van der Waals surface area contributed by atoms with E-state index in [0.29, 0.717) is 28.9 Å². The molecule has 1 amide bonds. The van der Waals surface area contributed by atoms with Crippen molar-refractivity contribution in [2.24, 2.45) is 0 Å². The van der Waals surface area contributed by atoms with Crippen molar-refractivity contribution in [2.75, 3.05) is 18.9 Å². The Morgan fingerprint density at radius 1 is 1.44 bits per heavy atom. The normalized spacial score (nSPS) is 16.2. The highest BCUT2D eigenvalue weighted by Crippen LogP contribution is 2.25. The Hall–Kier alpha value is -1.07. The van der Waals surface area contributed by atoms with Crippen molar-refractivity contribution in [3.8, 4) is 0 Å². The maximum Gasteiger partial charge on any atom is 0.278 e. The number of carbonyl (C=O) groups is 1. The topological polar surface area (TPSA) is 55.6 Å². The summed E-state index contributed by atoms with van der Waals surface area (Å²) >= 11 is 3.32. The van der Waals surface area contributed by atoms with Crippen LogP contribution < -0.4 is 5.73 Å². The minimum absolute atomic E-state index is 0.140. The molecule has 1 aliphatic rings. The van der Waals surface area contributed by atoms with Crippen LogP contribution in [0, 0.1) is 0 Å². The Morgan fingerprint density at radius 2 is 2.25 bits per heavy atom. The second-order valence-corrected chi connectivity index (χ2v) is 4.45. The Morgan fingerprint density at radius 3 is 2.94 bits per heavy atom. The molecule has 0 bridgehead atoms. The van der Waals surface area contributed by atoms with E-state index < -0.39 is 0 Å². The minimum atomic E-state index is -0.140. The number of hydroxylamine groups is 2.